The Labute approximate surface area is 112 Å². The van der Waals surface area contributed by atoms with Gasteiger partial charge in [-0.05, 0) is 39.8 Å². The van der Waals surface area contributed by atoms with Crippen molar-refractivity contribution in [2.24, 2.45) is 5.73 Å². The van der Waals surface area contributed by atoms with Crippen molar-refractivity contribution in [2.45, 2.75) is 33.2 Å². The molecule has 1 heterocycles. The number of primary amides is 1. The van der Waals surface area contributed by atoms with Crippen LogP contribution in [0.25, 0.3) is 11.4 Å². The molecule has 100 valence electrons. The van der Waals surface area contributed by atoms with Gasteiger partial charge >= 0.3 is 0 Å². The van der Waals surface area contributed by atoms with E-state index in [2.05, 4.69) is 30.9 Å². The molecule has 0 saturated carbocycles. The van der Waals surface area contributed by atoms with Gasteiger partial charge in [-0.3, -0.25) is 4.79 Å². The number of aryl methyl sites for hydroxylation is 1. The maximum Gasteiger partial charge on any atom is 0.248 e. The Morgan fingerprint density at radius 3 is 2.21 bits per heavy atom. The monoisotopic (exact) mass is 258 g/mol. The zero-order valence-corrected chi connectivity index (χ0v) is 11.6. The van der Waals surface area contributed by atoms with Crippen LogP contribution in [0.3, 0.4) is 0 Å². The fraction of sp³-hybridized carbons (Fsp3) is 0.357. The molecule has 1 aromatic carbocycles. The molecular weight excluding hydrogens is 240 g/mol. The van der Waals surface area contributed by atoms with Crippen LogP contribution in [-0.4, -0.2) is 20.7 Å². The lowest BCUT2D eigenvalue weighted by molar-refractivity contribution is 0.100. The molecule has 0 spiro atoms. The summed E-state index contributed by atoms with van der Waals surface area (Å²) in [6.45, 7) is 8.16. The van der Waals surface area contributed by atoms with Crippen LogP contribution in [0.2, 0.25) is 0 Å². The minimum absolute atomic E-state index is 0.109. The van der Waals surface area contributed by atoms with Crippen LogP contribution in [0.15, 0.2) is 24.3 Å². The molecule has 0 aliphatic rings. The lowest BCUT2D eigenvalue weighted by Gasteiger charge is -2.19. The first-order valence-electron chi connectivity index (χ1n) is 6.13. The van der Waals surface area contributed by atoms with Gasteiger partial charge < -0.3 is 5.73 Å². The molecule has 1 aromatic heterocycles. The van der Waals surface area contributed by atoms with E-state index in [-0.39, 0.29) is 5.54 Å². The van der Waals surface area contributed by atoms with Gasteiger partial charge in [0.1, 0.15) is 5.82 Å². The summed E-state index contributed by atoms with van der Waals surface area (Å²) in [5.41, 5.74) is 6.46. The summed E-state index contributed by atoms with van der Waals surface area (Å²) < 4.78 is 1.89. The zero-order valence-electron chi connectivity index (χ0n) is 11.6. The second kappa shape index (κ2) is 4.50. The summed E-state index contributed by atoms with van der Waals surface area (Å²) >= 11 is 0. The van der Waals surface area contributed by atoms with Crippen molar-refractivity contribution < 1.29 is 4.79 Å². The van der Waals surface area contributed by atoms with Crippen molar-refractivity contribution in [1.82, 2.24) is 14.8 Å². The number of carbonyl (C=O) groups excluding carboxylic acids is 1. The molecule has 5 heteroatoms. The van der Waals surface area contributed by atoms with E-state index in [1.165, 1.54) is 0 Å². The Morgan fingerprint density at radius 2 is 1.79 bits per heavy atom. The lowest BCUT2D eigenvalue weighted by Crippen LogP contribution is -2.24. The van der Waals surface area contributed by atoms with Crippen LogP contribution in [0, 0.1) is 6.92 Å². The van der Waals surface area contributed by atoms with Gasteiger partial charge in [0, 0.05) is 11.1 Å². The summed E-state index contributed by atoms with van der Waals surface area (Å²) in [5, 5.41) is 4.52. The van der Waals surface area contributed by atoms with E-state index in [4.69, 9.17) is 5.73 Å². The first-order valence-corrected chi connectivity index (χ1v) is 6.13. The van der Waals surface area contributed by atoms with E-state index in [1.807, 2.05) is 23.7 Å². The Kier molecular flexibility index (Phi) is 3.14. The molecule has 2 N–H and O–H groups in total. The van der Waals surface area contributed by atoms with Crippen molar-refractivity contribution in [3.05, 3.63) is 35.7 Å². The second-order valence-corrected chi connectivity index (χ2v) is 5.51. The predicted octanol–water partition coefficient (Wildman–Crippen LogP) is 2.11. The minimum Gasteiger partial charge on any atom is -0.366 e. The third-order valence-corrected chi connectivity index (χ3v) is 2.83. The van der Waals surface area contributed by atoms with Gasteiger partial charge in [0.15, 0.2) is 5.82 Å². The highest BCUT2D eigenvalue weighted by Gasteiger charge is 2.19. The Morgan fingerprint density at radius 1 is 1.21 bits per heavy atom. The fourth-order valence-corrected chi connectivity index (χ4v) is 1.93. The molecule has 0 radical (unpaired) electrons. The third kappa shape index (κ3) is 2.65. The maximum absolute atomic E-state index is 11.0. The van der Waals surface area contributed by atoms with Gasteiger partial charge in [0.05, 0.1) is 5.54 Å². The zero-order chi connectivity index (χ0) is 14.2. The Bertz CT molecular complexity index is 605. The largest absolute Gasteiger partial charge is 0.366 e. The highest BCUT2D eigenvalue weighted by Crippen LogP contribution is 2.20. The van der Waals surface area contributed by atoms with Crippen molar-refractivity contribution in [3.8, 4) is 11.4 Å². The highest BCUT2D eigenvalue weighted by molar-refractivity contribution is 5.93. The molecule has 0 saturated heterocycles. The van der Waals surface area contributed by atoms with Gasteiger partial charge in [0.2, 0.25) is 5.91 Å². The van der Waals surface area contributed by atoms with Crippen LogP contribution in [0.1, 0.15) is 37.0 Å². The predicted molar refractivity (Wildman–Crippen MR) is 73.7 cm³/mol. The van der Waals surface area contributed by atoms with Crippen LogP contribution >= 0.6 is 0 Å². The van der Waals surface area contributed by atoms with Crippen LogP contribution in [-0.2, 0) is 5.54 Å². The number of benzene rings is 1. The quantitative estimate of drug-likeness (QED) is 0.896. The maximum atomic E-state index is 11.0. The normalized spacial score (nSPS) is 11.6. The molecule has 0 atom stereocenters. The van der Waals surface area contributed by atoms with E-state index >= 15 is 0 Å². The average molecular weight is 258 g/mol. The Hall–Kier alpha value is -2.17. The lowest BCUT2D eigenvalue weighted by atomic mass is 10.1. The molecule has 2 aromatic rings. The first kappa shape index (κ1) is 13.3. The van der Waals surface area contributed by atoms with Crippen molar-refractivity contribution in [1.29, 1.82) is 0 Å². The molecule has 1 amide bonds. The van der Waals surface area contributed by atoms with Crippen LogP contribution in [0.5, 0.6) is 0 Å². The number of hydrogen-bond donors (Lipinski definition) is 1. The molecule has 0 bridgehead atoms. The summed E-state index contributed by atoms with van der Waals surface area (Å²) in [5.74, 6) is 1.08. The van der Waals surface area contributed by atoms with E-state index in [9.17, 15) is 4.79 Å². The van der Waals surface area contributed by atoms with Crippen molar-refractivity contribution in [3.63, 3.8) is 0 Å². The third-order valence-electron chi connectivity index (χ3n) is 2.83. The van der Waals surface area contributed by atoms with E-state index in [0.717, 1.165) is 11.4 Å². The number of carbonyl (C=O) groups is 1. The number of hydrogen-bond acceptors (Lipinski definition) is 3. The first-order chi connectivity index (χ1) is 8.79. The fourth-order valence-electron chi connectivity index (χ4n) is 1.93. The second-order valence-electron chi connectivity index (χ2n) is 5.51. The van der Waals surface area contributed by atoms with E-state index in [1.54, 1.807) is 12.1 Å². The van der Waals surface area contributed by atoms with Crippen molar-refractivity contribution in [2.75, 3.05) is 0 Å². The number of amides is 1. The summed E-state index contributed by atoms with van der Waals surface area (Å²) in [6, 6.07) is 6.99. The summed E-state index contributed by atoms with van der Waals surface area (Å²) in [7, 11) is 0. The highest BCUT2D eigenvalue weighted by atomic mass is 16.1. The SMILES string of the molecule is Cc1nc(-c2ccc(C(N)=O)cc2)nn1C(C)(C)C. The number of aromatic nitrogens is 3. The standard InChI is InChI=1S/C14H18N4O/c1-9-16-13(17-18(9)14(2,3)4)11-7-5-10(6-8-11)12(15)19/h5-8H,1-4H3,(H2,15,19). The molecule has 0 aliphatic heterocycles. The minimum atomic E-state index is -0.434. The van der Waals surface area contributed by atoms with Crippen molar-refractivity contribution >= 4 is 5.91 Å². The Balaban J connectivity index is 2.40. The average Bonchev–Trinajstić information content (AvgIpc) is 2.71. The van der Waals surface area contributed by atoms with E-state index in [0.29, 0.717) is 11.4 Å². The number of nitrogens with zero attached hydrogens (tertiary/aromatic N) is 3. The van der Waals surface area contributed by atoms with Crippen LogP contribution < -0.4 is 5.73 Å². The van der Waals surface area contributed by atoms with Gasteiger partial charge in [-0.25, -0.2) is 9.67 Å². The topological polar surface area (TPSA) is 73.8 Å². The molecule has 0 aliphatic carbocycles. The summed E-state index contributed by atoms with van der Waals surface area (Å²) in [4.78, 5) is 15.5. The molecule has 5 nitrogen and oxygen atoms in total. The number of rotatable bonds is 2. The molecule has 2 rings (SSSR count). The van der Waals surface area contributed by atoms with Crippen LogP contribution in [0.4, 0.5) is 0 Å². The smallest absolute Gasteiger partial charge is 0.248 e. The van der Waals surface area contributed by atoms with Gasteiger partial charge in [0.25, 0.3) is 0 Å². The van der Waals surface area contributed by atoms with E-state index < -0.39 is 5.91 Å². The molecule has 0 unspecified atom stereocenters. The number of nitrogens with two attached hydrogens (primary N) is 1. The molecular formula is C14H18N4O. The summed E-state index contributed by atoms with van der Waals surface area (Å²) in [6.07, 6.45) is 0. The van der Waals surface area contributed by atoms with Gasteiger partial charge in [-0.1, -0.05) is 12.1 Å². The molecule has 0 fully saturated rings. The van der Waals surface area contributed by atoms with Gasteiger partial charge in [-0.2, -0.15) is 5.10 Å². The van der Waals surface area contributed by atoms with Gasteiger partial charge in [-0.15, -0.1) is 0 Å². The molecule has 19 heavy (non-hydrogen) atoms.